The Bertz CT molecular complexity index is 1540. The Balaban J connectivity index is 1.65. The number of rotatable bonds is 8. The molecular weight excluding hydrogens is 511 g/mol. The van der Waals surface area contributed by atoms with E-state index >= 15 is 0 Å². The van der Waals surface area contributed by atoms with Crippen LogP contribution >= 0.6 is 7.82 Å². The largest absolute Gasteiger partial charge is 0.530 e. The molecule has 2 aliphatic rings. The number of fused-ring (bicyclic) bond motifs is 5. The molecular formula is C27H31N2O8P. The minimum atomic E-state index is -3.77. The maximum absolute atomic E-state index is 13.6. The predicted octanol–water partition coefficient (Wildman–Crippen LogP) is 4.59. The molecule has 1 aromatic carbocycles. The quantitative estimate of drug-likeness (QED) is 0.251. The van der Waals surface area contributed by atoms with Crippen LogP contribution in [0.4, 0.5) is 0 Å². The minimum absolute atomic E-state index is 0.170. The van der Waals surface area contributed by atoms with E-state index in [4.69, 9.17) is 23.3 Å². The van der Waals surface area contributed by atoms with Crippen molar-refractivity contribution in [2.45, 2.75) is 65.7 Å². The summed E-state index contributed by atoms with van der Waals surface area (Å²) in [5, 5.41) is 12.1. The summed E-state index contributed by atoms with van der Waals surface area (Å²) in [6.07, 6.45) is 0.693. The van der Waals surface area contributed by atoms with Crippen molar-refractivity contribution in [3.8, 4) is 17.1 Å². The molecule has 4 heterocycles. The number of aliphatic hydroxyl groups is 1. The number of cyclic esters (lactones) is 1. The van der Waals surface area contributed by atoms with E-state index in [0.29, 0.717) is 41.2 Å². The van der Waals surface area contributed by atoms with Gasteiger partial charge in [-0.25, -0.2) is 9.55 Å². The van der Waals surface area contributed by atoms with Crippen LogP contribution in [0, 0.1) is 0 Å². The van der Waals surface area contributed by atoms with Crippen LogP contribution in [0.5, 0.6) is 5.75 Å². The first-order chi connectivity index (χ1) is 18.2. The van der Waals surface area contributed by atoms with E-state index in [1.165, 1.54) is 0 Å². The van der Waals surface area contributed by atoms with Gasteiger partial charge in [0.2, 0.25) is 0 Å². The van der Waals surface area contributed by atoms with Gasteiger partial charge in [0.1, 0.15) is 18.0 Å². The van der Waals surface area contributed by atoms with E-state index in [1.54, 1.807) is 49.6 Å². The van der Waals surface area contributed by atoms with Gasteiger partial charge in [0, 0.05) is 10.9 Å². The van der Waals surface area contributed by atoms with E-state index in [2.05, 4.69) is 0 Å². The Morgan fingerprint density at radius 2 is 1.84 bits per heavy atom. The van der Waals surface area contributed by atoms with Crippen molar-refractivity contribution in [2.75, 3.05) is 13.2 Å². The molecule has 0 fully saturated rings. The number of benzene rings is 1. The molecule has 1 atom stereocenters. The summed E-state index contributed by atoms with van der Waals surface area (Å²) in [7, 11) is -3.77. The van der Waals surface area contributed by atoms with Gasteiger partial charge in [-0.15, -0.1) is 0 Å². The zero-order chi connectivity index (χ0) is 27.2. The minimum Gasteiger partial charge on any atom is -0.460 e. The fraction of sp³-hybridized carbons (Fsp3) is 0.444. The van der Waals surface area contributed by atoms with Crippen molar-refractivity contribution >= 4 is 24.7 Å². The summed E-state index contributed by atoms with van der Waals surface area (Å²) in [6.45, 7) is 7.67. The molecule has 2 aliphatic heterocycles. The van der Waals surface area contributed by atoms with Crippen molar-refractivity contribution in [2.24, 2.45) is 0 Å². The van der Waals surface area contributed by atoms with Crippen LogP contribution in [0.3, 0.4) is 0 Å². The molecule has 0 saturated heterocycles. The average molecular weight is 543 g/mol. The zero-order valence-electron chi connectivity index (χ0n) is 21.9. The first-order valence-corrected chi connectivity index (χ1v) is 14.3. The number of carbonyl (C=O) groups is 1. The lowest BCUT2D eigenvalue weighted by Gasteiger charge is -2.26. The number of aryl methyl sites for hydroxylation is 1. The van der Waals surface area contributed by atoms with Crippen molar-refractivity contribution in [3.63, 3.8) is 0 Å². The Morgan fingerprint density at radius 1 is 1.11 bits per heavy atom. The molecule has 2 aromatic heterocycles. The highest BCUT2D eigenvalue weighted by Crippen LogP contribution is 2.50. The molecule has 0 aliphatic carbocycles. The van der Waals surface area contributed by atoms with Gasteiger partial charge in [0.15, 0.2) is 0 Å². The normalized spacial score (nSPS) is 18.5. The summed E-state index contributed by atoms with van der Waals surface area (Å²) in [6, 6.07) is 6.97. The molecule has 0 bridgehead atoms. The molecule has 5 rings (SSSR count). The number of hydrogen-bond acceptors (Lipinski definition) is 9. The SMILES string of the molecule is CCOP(=O)(OCC)Oc1ccc2nc3c(c(CC)c2c1)Cn1c-3cc2c(c1=O)COC(=O)CC2(O)CC. The highest BCUT2D eigenvalue weighted by Gasteiger charge is 2.39. The second-order valence-electron chi connectivity index (χ2n) is 9.36. The predicted molar refractivity (Wildman–Crippen MR) is 140 cm³/mol. The Hall–Kier alpha value is -3.04. The first-order valence-electron chi connectivity index (χ1n) is 12.9. The van der Waals surface area contributed by atoms with E-state index in [1.807, 2.05) is 6.92 Å². The summed E-state index contributed by atoms with van der Waals surface area (Å²) >= 11 is 0. The number of nitrogens with zero attached hydrogens (tertiary/aromatic N) is 2. The average Bonchev–Trinajstić information content (AvgIpc) is 3.18. The number of esters is 1. The topological polar surface area (TPSA) is 126 Å². The van der Waals surface area contributed by atoms with Gasteiger partial charge in [-0.3, -0.25) is 18.6 Å². The number of phosphoric ester groups is 1. The fourth-order valence-corrected chi connectivity index (χ4v) is 6.52. The smallest absolute Gasteiger partial charge is 0.460 e. The molecule has 202 valence electrons. The van der Waals surface area contributed by atoms with Gasteiger partial charge in [0.25, 0.3) is 5.56 Å². The van der Waals surface area contributed by atoms with Crippen LogP contribution in [0.15, 0.2) is 29.1 Å². The van der Waals surface area contributed by atoms with E-state index in [9.17, 15) is 19.3 Å². The lowest BCUT2D eigenvalue weighted by atomic mass is 9.85. The van der Waals surface area contributed by atoms with E-state index in [0.717, 1.165) is 16.5 Å². The van der Waals surface area contributed by atoms with Crippen LogP contribution < -0.4 is 10.1 Å². The molecule has 0 saturated carbocycles. The maximum Gasteiger partial charge on any atom is 0.530 e. The van der Waals surface area contributed by atoms with Gasteiger partial charge in [-0.05, 0) is 62.1 Å². The maximum atomic E-state index is 13.6. The van der Waals surface area contributed by atoms with Gasteiger partial charge < -0.3 is 18.9 Å². The van der Waals surface area contributed by atoms with Crippen molar-refractivity contribution in [3.05, 3.63) is 56.9 Å². The zero-order valence-corrected chi connectivity index (χ0v) is 22.8. The Morgan fingerprint density at radius 3 is 2.50 bits per heavy atom. The van der Waals surface area contributed by atoms with Crippen molar-refractivity contribution < 1.29 is 32.8 Å². The first kappa shape index (κ1) is 26.6. The monoisotopic (exact) mass is 542 g/mol. The van der Waals surface area contributed by atoms with Gasteiger partial charge in [0.05, 0.1) is 48.6 Å². The van der Waals surface area contributed by atoms with Gasteiger partial charge in [-0.2, -0.15) is 0 Å². The standard InChI is InChI=1S/C27H31N2O8P/c1-5-17-18-11-16(37-38(33,35-7-3)36-8-4)9-10-22(18)28-25-19(17)14-29-23(25)12-21-20(26(29)31)15-34-24(30)13-27(21,32)6-2/h9-12,32H,5-8,13-15H2,1-4H3. The molecule has 10 nitrogen and oxygen atoms in total. The van der Waals surface area contributed by atoms with Crippen LogP contribution in [0.1, 0.15) is 62.8 Å². The third kappa shape index (κ3) is 4.35. The number of ether oxygens (including phenoxy) is 1. The third-order valence-electron chi connectivity index (χ3n) is 7.18. The van der Waals surface area contributed by atoms with Gasteiger partial charge in [-0.1, -0.05) is 13.8 Å². The molecule has 0 amide bonds. The summed E-state index contributed by atoms with van der Waals surface area (Å²) in [4.78, 5) is 30.7. The molecule has 0 radical (unpaired) electrons. The lowest BCUT2D eigenvalue weighted by Crippen LogP contribution is -2.32. The van der Waals surface area contributed by atoms with E-state index in [-0.39, 0.29) is 43.8 Å². The Labute approximate surface area is 220 Å². The van der Waals surface area contributed by atoms with Crippen LogP contribution in [-0.4, -0.2) is 33.8 Å². The number of aromatic nitrogens is 2. The third-order valence-corrected chi connectivity index (χ3v) is 8.76. The van der Waals surface area contributed by atoms with Crippen LogP contribution in [-0.2, 0) is 48.3 Å². The highest BCUT2D eigenvalue weighted by atomic mass is 31.2. The molecule has 1 unspecified atom stereocenters. The second kappa shape index (κ2) is 9.93. The molecule has 0 spiro atoms. The number of phosphoric acid groups is 1. The second-order valence-corrected chi connectivity index (χ2v) is 11.0. The molecule has 1 N–H and O–H groups in total. The van der Waals surface area contributed by atoms with Crippen molar-refractivity contribution in [1.82, 2.24) is 9.55 Å². The number of hydrogen-bond donors (Lipinski definition) is 1. The fourth-order valence-electron chi connectivity index (χ4n) is 5.33. The lowest BCUT2D eigenvalue weighted by molar-refractivity contribution is -0.149. The van der Waals surface area contributed by atoms with Crippen molar-refractivity contribution in [1.29, 1.82) is 0 Å². The van der Waals surface area contributed by atoms with E-state index < -0.39 is 19.4 Å². The number of pyridine rings is 2. The summed E-state index contributed by atoms with van der Waals surface area (Å²) < 4.78 is 36.0. The molecule has 38 heavy (non-hydrogen) atoms. The molecule has 3 aromatic rings. The Kier molecular flexibility index (Phi) is 6.94. The summed E-state index contributed by atoms with van der Waals surface area (Å²) in [5.74, 6) is -0.211. The van der Waals surface area contributed by atoms with Gasteiger partial charge >= 0.3 is 13.8 Å². The highest BCUT2D eigenvalue weighted by molar-refractivity contribution is 7.48. The molecule has 11 heteroatoms. The van der Waals surface area contributed by atoms with Crippen LogP contribution in [0.25, 0.3) is 22.3 Å². The summed E-state index contributed by atoms with van der Waals surface area (Å²) in [5.41, 5.74) is 2.71. The number of carbonyl (C=O) groups excluding carboxylic acids is 1. The van der Waals surface area contributed by atoms with Crippen LogP contribution in [0.2, 0.25) is 0 Å².